The molecule has 2 aliphatic heterocycles. The topological polar surface area (TPSA) is 81.5 Å². The molecule has 5 rings (SSSR count). The smallest absolute Gasteiger partial charge is 0.269 e. The molecule has 0 saturated carbocycles. The summed E-state index contributed by atoms with van der Waals surface area (Å²) in [7, 11) is 0. The largest absolute Gasteiger partial charge is 0.460 e. The number of hydrogen-bond acceptors (Lipinski definition) is 5. The fourth-order valence-electron chi connectivity index (χ4n) is 4.71. The van der Waals surface area contributed by atoms with Gasteiger partial charge in [0.05, 0.1) is 11.5 Å². The highest BCUT2D eigenvalue weighted by Gasteiger charge is 2.34. The summed E-state index contributed by atoms with van der Waals surface area (Å²) in [6.45, 7) is 3.36. The second-order valence-corrected chi connectivity index (χ2v) is 7.96. The van der Waals surface area contributed by atoms with Crippen molar-refractivity contribution < 1.29 is 9.34 Å². The molecule has 7 nitrogen and oxygen atoms in total. The summed E-state index contributed by atoms with van der Waals surface area (Å²) in [6.07, 6.45) is 1.13. The van der Waals surface area contributed by atoms with Gasteiger partial charge in [0, 0.05) is 55.0 Å². The van der Waals surface area contributed by atoms with Crippen molar-refractivity contribution in [2.24, 2.45) is 5.92 Å². The van der Waals surface area contributed by atoms with Crippen molar-refractivity contribution in [2.45, 2.75) is 25.4 Å². The van der Waals surface area contributed by atoms with Gasteiger partial charge < -0.3 is 8.98 Å². The molecule has 29 heavy (non-hydrogen) atoms. The Balaban J connectivity index is 1.31. The van der Waals surface area contributed by atoms with Gasteiger partial charge in [0.25, 0.3) is 11.2 Å². The zero-order chi connectivity index (χ0) is 20.0. The monoisotopic (exact) mass is 391 g/mol. The molecule has 0 aliphatic carbocycles. The number of aromatic nitrogens is 1. The first kappa shape index (κ1) is 17.9. The van der Waals surface area contributed by atoms with E-state index in [0.717, 1.165) is 49.6 Å². The van der Waals surface area contributed by atoms with E-state index in [4.69, 9.17) is 4.42 Å². The van der Waals surface area contributed by atoms with Crippen LogP contribution < -0.4 is 5.56 Å². The summed E-state index contributed by atoms with van der Waals surface area (Å²) in [5, 5.41) is 10.8. The first-order chi connectivity index (χ1) is 14.1. The predicted molar refractivity (Wildman–Crippen MR) is 108 cm³/mol. The Morgan fingerprint density at radius 2 is 1.86 bits per heavy atom. The molecule has 2 aliphatic rings. The van der Waals surface area contributed by atoms with Gasteiger partial charge in [-0.15, -0.1) is 0 Å². The van der Waals surface area contributed by atoms with Gasteiger partial charge in [0.1, 0.15) is 11.5 Å². The van der Waals surface area contributed by atoms with Crippen molar-refractivity contribution in [3.05, 3.63) is 86.5 Å². The Bertz CT molecular complexity index is 1120. The molecular formula is C22H21N3O4. The summed E-state index contributed by atoms with van der Waals surface area (Å²) in [6, 6.07) is 15.9. The van der Waals surface area contributed by atoms with Crippen LogP contribution in [0, 0.1) is 16.0 Å². The number of hydrogen-bond donors (Lipinski definition) is 0. The molecule has 0 N–H and O–H groups in total. The van der Waals surface area contributed by atoms with Gasteiger partial charge in [-0.05, 0) is 42.7 Å². The van der Waals surface area contributed by atoms with Gasteiger partial charge >= 0.3 is 0 Å². The first-order valence-electron chi connectivity index (χ1n) is 9.82. The number of nitrogens with zero attached hydrogens (tertiary/aromatic N) is 3. The molecule has 2 aromatic heterocycles. The molecule has 1 saturated heterocycles. The molecule has 4 heterocycles. The zero-order valence-electron chi connectivity index (χ0n) is 15.9. The number of likely N-dealkylation sites (tertiary alicyclic amines) is 1. The van der Waals surface area contributed by atoms with Crippen molar-refractivity contribution in [1.29, 1.82) is 0 Å². The fourth-order valence-corrected chi connectivity index (χ4v) is 4.71. The summed E-state index contributed by atoms with van der Waals surface area (Å²) in [5.41, 5.74) is 2.14. The minimum Gasteiger partial charge on any atom is -0.460 e. The van der Waals surface area contributed by atoms with Crippen molar-refractivity contribution in [3.8, 4) is 11.3 Å². The molecule has 7 heteroatoms. The number of fused-ring (bicyclic) bond motifs is 4. The van der Waals surface area contributed by atoms with Crippen LogP contribution in [0.25, 0.3) is 11.3 Å². The van der Waals surface area contributed by atoms with Crippen molar-refractivity contribution in [1.82, 2.24) is 9.47 Å². The summed E-state index contributed by atoms with van der Waals surface area (Å²) >= 11 is 0. The Hall–Kier alpha value is -3.19. The minimum absolute atomic E-state index is 0.0692. The van der Waals surface area contributed by atoms with E-state index in [9.17, 15) is 14.9 Å². The lowest BCUT2D eigenvalue weighted by atomic mass is 9.83. The van der Waals surface area contributed by atoms with Crippen LogP contribution in [0.3, 0.4) is 0 Å². The molecule has 1 fully saturated rings. The van der Waals surface area contributed by atoms with Crippen molar-refractivity contribution in [3.63, 3.8) is 0 Å². The van der Waals surface area contributed by atoms with E-state index in [1.54, 1.807) is 18.2 Å². The number of nitro benzene ring substituents is 1. The Labute approximate surface area is 167 Å². The van der Waals surface area contributed by atoms with Crippen LogP contribution >= 0.6 is 0 Å². The summed E-state index contributed by atoms with van der Waals surface area (Å²) in [4.78, 5) is 25.0. The van der Waals surface area contributed by atoms with Crippen LogP contribution in [0.4, 0.5) is 5.69 Å². The quantitative estimate of drug-likeness (QED) is 0.501. The molecule has 3 aromatic rings. The van der Waals surface area contributed by atoms with Crippen LogP contribution in [-0.4, -0.2) is 27.5 Å². The molecule has 0 radical (unpaired) electrons. The van der Waals surface area contributed by atoms with Gasteiger partial charge in [-0.3, -0.25) is 19.8 Å². The SMILES string of the molecule is O=c1cccc2n1C[C@@H]1C[C@H]2CN(Cc2ccc(-c3ccc([N+](=O)[O-])cc3)o2)C1. The van der Waals surface area contributed by atoms with Crippen LogP contribution in [0.1, 0.15) is 23.8 Å². The van der Waals surface area contributed by atoms with Gasteiger partial charge in [-0.25, -0.2) is 0 Å². The van der Waals surface area contributed by atoms with Crippen LogP contribution in [-0.2, 0) is 13.1 Å². The summed E-state index contributed by atoms with van der Waals surface area (Å²) < 4.78 is 7.96. The highest BCUT2D eigenvalue weighted by Crippen LogP contribution is 2.35. The zero-order valence-corrected chi connectivity index (χ0v) is 15.9. The Kier molecular flexibility index (Phi) is 4.32. The Morgan fingerprint density at radius 3 is 2.66 bits per heavy atom. The molecular weight excluding hydrogens is 370 g/mol. The van der Waals surface area contributed by atoms with Crippen molar-refractivity contribution in [2.75, 3.05) is 13.1 Å². The minimum atomic E-state index is -0.406. The highest BCUT2D eigenvalue weighted by atomic mass is 16.6. The third-order valence-corrected chi connectivity index (χ3v) is 5.96. The summed E-state index contributed by atoms with van der Waals surface area (Å²) in [5.74, 6) is 2.44. The van der Waals surface area contributed by atoms with Gasteiger partial charge in [-0.2, -0.15) is 0 Å². The second kappa shape index (κ2) is 7.00. The first-order valence-corrected chi connectivity index (χ1v) is 9.82. The van der Waals surface area contributed by atoms with E-state index in [1.807, 2.05) is 22.8 Å². The number of non-ortho nitro benzene ring substituents is 1. The van der Waals surface area contributed by atoms with E-state index < -0.39 is 4.92 Å². The average molecular weight is 391 g/mol. The molecule has 0 unspecified atom stereocenters. The Morgan fingerprint density at radius 1 is 1.03 bits per heavy atom. The van der Waals surface area contributed by atoms with E-state index >= 15 is 0 Å². The number of nitro groups is 1. The lowest BCUT2D eigenvalue weighted by molar-refractivity contribution is -0.384. The number of piperidine rings is 1. The predicted octanol–water partition coefficient (Wildman–Crippen LogP) is 3.64. The lowest BCUT2D eigenvalue weighted by Crippen LogP contribution is -2.46. The molecule has 2 atom stereocenters. The van der Waals surface area contributed by atoms with Gasteiger partial charge in [0.2, 0.25) is 0 Å². The highest BCUT2D eigenvalue weighted by molar-refractivity contribution is 5.59. The van der Waals surface area contributed by atoms with E-state index in [-0.39, 0.29) is 11.2 Å². The number of furan rings is 1. The van der Waals surface area contributed by atoms with Crippen molar-refractivity contribution >= 4 is 5.69 Å². The molecule has 1 aromatic carbocycles. The van der Waals surface area contributed by atoms with Crippen LogP contribution in [0.15, 0.2) is 63.8 Å². The lowest BCUT2D eigenvalue weighted by Gasteiger charge is -2.42. The normalized spacial score (nSPS) is 21.0. The molecule has 0 spiro atoms. The maximum absolute atomic E-state index is 12.2. The molecule has 0 amide bonds. The number of pyridine rings is 1. The second-order valence-electron chi connectivity index (χ2n) is 7.96. The van der Waals surface area contributed by atoms with E-state index in [2.05, 4.69) is 11.0 Å². The van der Waals surface area contributed by atoms with Gasteiger partial charge in [-0.1, -0.05) is 6.07 Å². The maximum atomic E-state index is 12.2. The third-order valence-electron chi connectivity index (χ3n) is 5.96. The van der Waals surface area contributed by atoms with E-state index in [0.29, 0.717) is 17.6 Å². The average Bonchev–Trinajstić information content (AvgIpc) is 3.17. The van der Waals surface area contributed by atoms with Crippen LogP contribution in [0.2, 0.25) is 0 Å². The van der Waals surface area contributed by atoms with Gasteiger partial charge in [0.15, 0.2) is 0 Å². The standard InChI is InChI=1S/C22H21N3O4/c26-22-3-1-2-20-17-10-15(12-24(20)22)11-23(13-17)14-19-8-9-21(29-19)16-4-6-18(7-5-16)25(27)28/h1-9,15,17H,10-14H2/t15-,17+/m1/s1. The number of benzene rings is 1. The van der Waals surface area contributed by atoms with Crippen LogP contribution in [0.5, 0.6) is 0 Å². The third kappa shape index (κ3) is 3.38. The van der Waals surface area contributed by atoms with E-state index in [1.165, 1.54) is 12.1 Å². The molecule has 148 valence electrons. The number of rotatable bonds is 4. The molecule has 2 bridgehead atoms. The maximum Gasteiger partial charge on any atom is 0.269 e. The fraction of sp³-hybridized carbons (Fsp3) is 0.318.